The number of rotatable bonds is 4. The second-order valence-corrected chi connectivity index (χ2v) is 5.18. The van der Waals surface area contributed by atoms with Gasteiger partial charge in [-0.2, -0.15) is 5.10 Å². The van der Waals surface area contributed by atoms with Crippen LogP contribution in [0.2, 0.25) is 5.02 Å². The molecule has 2 aromatic carbocycles. The normalized spacial score (nSPS) is 10.7. The zero-order valence-corrected chi connectivity index (χ0v) is 12.9. The molecular formula is C16H15ClFN3O. The molecule has 0 aliphatic carbocycles. The molecule has 1 amide bonds. The summed E-state index contributed by atoms with van der Waals surface area (Å²) in [5.41, 5.74) is 3.92. The van der Waals surface area contributed by atoms with E-state index in [-0.39, 0.29) is 16.5 Å². The van der Waals surface area contributed by atoms with E-state index in [0.29, 0.717) is 5.56 Å². The molecule has 114 valence electrons. The highest BCUT2D eigenvalue weighted by Gasteiger charge is 2.06. The summed E-state index contributed by atoms with van der Waals surface area (Å²) in [5.74, 6) is -0.880. The molecule has 1 N–H and O–H groups in total. The lowest BCUT2D eigenvalue weighted by Gasteiger charge is -2.12. The number of hydrogen-bond acceptors (Lipinski definition) is 3. The molecule has 0 aromatic heterocycles. The van der Waals surface area contributed by atoms with Crippen LogP contribution in [0.4, 0.5) is 10.1 Å². The van der Waals surface area contributed by atoms with E-state index >= 15 is 0 Å². The smallest absolute Gasteiger partial charge is 0.271 e. The van der Waals surface area contributed by atoms with Gasteiger partial charge in [-0.05, 0) is 36.4 Å². The summed E-state index contributed by atoms with van der Waals surface area (Å²) in [5, 5.41) is 3.97. The number of anilines is 1. The maximum absolute atomic E-state index is 13.5. The zero-order chi connectivity index (χ0) is 16.1. The van der Waals surface area contributed by atoms with Crippen molar-refractivity contribution in [2.24, 2.45) is 5.10 Å². The third kappa shape index (κ3) is 3.83. The molecule has 2 rings (SSSR count). The first-order chi connectivity index (χ1) is 10.5. The van der Waals surface area contributed by atoms with Crippen molar-refractivity contribution in [3.63, 3.8) is 0 Å². The van der Waals surface area contributed by atoms with Gasteiger partial charge in [0.15, 0.2) is 0 Å². The topological polar surface area (TPSA) is 44.7 Å². The summed E-state index contributed by atoms with van der Waals surface area (Å²) in [4.78, 5) is 13.9. The molecule has 0 saturated carbocycles. The van der Waals surface area contributed by atoms with Crippen LogP contribution in [0.3, 0.4) is 0 Å². The largest absolute Gasteiger partial charge is 0.378 e. The van der Waals surface area contributed by atoms with Crippen LogP contribution < -0.4 is 10.3 Å². The Hall–Kier alpha value is -2.40. The van der Waals surface area contributed by atoms with E-state index in [0.717, 1.165) is 5.69 Å². The Balaban J connectivity index is 2.05. The summed E-state index contributed by atoms with van der Waals surface area (Å²) >= 11 is 5.86. The molecule has 0 fully saturated rings. The summed E-state index contributed by atoms with van der Waals surface area (Å²) < 4.78 is 13.5. The van der Waals surface area contributed by atoms with Crippen LogP contribution in [0.15, 0.2) is 47.6 Å². The highest BCUT2D eigenvalue weighted by molar-refractivity contribution is 6.33. The Morgan fingerprint density at radius 2 is 1.91 bits per heavy atom. The first-order valence-corrected chi connectivity index (χ1v) is 6.91. The number of amides is 1. The summed E-state index contributed by atoms with van der Waals surface area (Å²) in [6, 6.07) is 11.4. The van der Waals surface area contributed by atoms with Gasteiger partial charge in [-0.1, -0.05) is 17.7 Å². The van der Waals surface area contributed by atoms with Crippen LogP contribution in [0.5, 0.6) is 0 Å². The number of hydrazone groups is 1. The Labute approximate surface area is 133 Å². The molecule has 0 radical (unpaired) electrons. The molecule has 0 spiro atoms. The second kappa shape index (κ2) is 7.04. The molecule has 0 aliphatic rings. The van der Waals surface area contributed by atoms with Crippen LogP contribution in [0, 0.1) is 5.82 Å². The predicted molar refractivity (Wildman–Crippen MR) is 87.2 cm³/mol. The zero-order valence-electron chi connectivity index (χ0n) is 12.2. The molecule has 4 nitrogen and oxygen atoms in total. The van der Waals surface area contributed by atoms with Crippen molar-refractivity contribution in [2.45, 2.75) is 0 Å². The monoisotopic (exact) mass is 319 g/mol. The van der Waals surface area contributed by atoms with Gasteiger partial charge < -0.3 is 4.90 Å². The van der Waals surface area contributed by atoms with Gasteiger partial charge in [0.25, 0.3) is 5.91 Å². The molecule has 0 bridgehead atoms. The predicted octanol–water partition coefficient (Wildman–Crippen LogP) is 3.31. The van der Waals surface area contributed by atoms with Gasteiger partial charge in [-0.15, -0.1) is 0 Å². The standard InChI is InChI=1S/C16H15ClFN3O/c1-21(2)12-8-6-11(7-9-12)16(22)20-19-10-13-14(17)4-3-5-15(13)18/h3-10H,1-2H3,(H,20,22)/b19-10-. The van der Waals surface area contributed by atoms with E-state index in [1.807, 2.05) is 31.1 Å². The molecule has 0 saturated heterocycles. The van der Waals surface area contributed by atoms with Gasteiger partial charge in [-0.3, -0.25) is 4.79 Å². The fraction of sp³-hybridized carbons (Fsp3) is 0.125. The third-order valence-electron chi connectivity index (χ3n) is 3.01. The van der Waals surface area contributed by atoms with E-state index < -0.39 is 5.82 Å². The molecule has 0 unspecified atom stereocenters. The van der Waals surface area contributed by atoms with Crippen molar-refractivity contribution in [3.8, 4) is 0 Å². The van der Waals surface area contributed by atoms with Gasteiger partial charge in [0.1, 0.15) is 5.82 Å². The van der Waals surface area contributed by atoms with Crippen molar-refractivity contribution >= 4 is 29.4 Å². The summed E-state index contributed by atoms with van der Waals surface area (Å²) in [7, 11) is 3.83. The van der Waals surface area contributed by atoms with Crippen LogP contribution in [0.1, 0.15) is 15.9 Å². The fourth-order valence-corrected chi connectivity index (χ4v) is 1.98. The molecule has 0 aliphatic heterocycles. The summed E-state index contributed by atoms with van der Waals surface area (Å²) in [6.07, 6.45) is 1.18. The molecule has 2 aromatic rings. The number of hydrogen-bond donors (Lipinski definition) is 1. The minimum Gasteiger partial charge on any atom is -0.378 e. The van der Waals surface area contributed by atoms with Crippen LogP contribution in [-0.2, 0) is 0 Å². The number of nitrogens with zero attached hydrogens (tertiary/aromatic N) is 2. The molecule has 22 heavy (non-hydrogen) atoms. The number of nitrogens with one attached hydrogen (secondary N) is 1. The third-order valence-corrected chi connectivity index (χ3v) is 3.33. The van der Waals surface area contributed by atoms with Gasteiger partial charge in [0.2, 0.25) is 0 Å². The Morgan fingerprint density at radius 1 is 1.23 bits per heavy atom. The maximum atomic E-state index is 13.5. The van der Waals surface area contributed by atoms with E-state index in [1.165, 1.54) is 18.3 Å². The lowest BCUT2D eigenvalue weighted by molar-refractivity contribution is 0.0955. The van der Waals surface area contributed by atoms with Crippen LogP contribution in [0.25, 0.3) is 0 Å². The van der Waals surface area contributed by atoms with E-state index in [1.54, 1.807) is 18.2 Å². The average molecular weight is 320 g/mol. The van der Waals surface area contributed by atoms with Crippen LogP contribution in [-0.4, -0.2) is 26.2 Å². The lowest BCUT2D eigenvalue weighted by Crippen LogP contribution is -2.18. The Kier molecular flexibility index (Phi) is 5.12. The first-order valence-electron chi connectivity index (χ1n) is 6.54. The number of carbonyl (C=O) groups is 1. The minimum atomic E-state index is -0.499. The highest BCUT2D eigenvalue weighted by Crippen LogP contribution is 2.16. The Morgan fingerprint density at radius 3 is 2.50 bits per heavy atom. The van der Waals surface area contributed by atoms with E-state index in [2.05, 4.69) is 10.5 Å². The van der Waals surface area contributed by atoms with Crippen molar-refractivity contribution in [2.75, 3.05) is 19.0 Å². The SMILES string of the molecule is CN(C)c1ccc(C(=O)N/N=C\c2c(F)cccc2Cl)cc1. The highest BCUT2D eigenvalue weighted by atomic mass is 35.5. The molecule has 6 heteroatoms. The second-order valence-electron chi connectivity index (χ2n) is 4.78. The van der Waals surface area contributed by atoms with Crippen molar-refractivity contribution in [3.05, 3.63) is 64.4 Å². The van der Waals surface area contributed by atoms with Crippen molar-refractivity contribution in [1.82, 2.24) is 5.43 Å². The number of halogens is 2. The Bertz CT molecular complexity index is 679. The molecule has 0 heterocycles. The van der Waals surface area contributed by atoms with E-state index in [4.69, 9.17) is 11.6 Å². The lowest BCUT2D eigenvalue weighted by atomic mass is 10.2. The van der Waals surface area contributed by atoms with E-state index in [9.17, 15) is 9.18 Å². The van der Waals surface area contributed by atoms with Crippen molar-refractivity contribution in [1.29, 1.82) is 0 Å². The van der Waals surface area contributed by atoms with Gasteiger partial charge in [0, 0.05) is 30.9 Å². The first kappa shape index (κ1) is 16.0. The van der Waals surface area contributed by atoms with Crippen LogP contribution >= 0.6 is 11.6 Å². The van der Waals surface area contributed by atoms with Gasteiger partial charge in [0.05, 0.1) is 11.2 Å². The summed E-state index contributed by atoms with van der Waals surface area (Å²) in [6.45, 7) is 0. The minimum absolute atomic E-state index is 0.132. The molecular weight excluding hydrogens is 305 g/mol. The van der Waals surface area contributed by atoms with Crippen molar-refractivity contribution < 1.29 is 9.18 Å². The number of benzene rings is 2. The average Bonchev–Trinajstić information content (AvgIpc) is 2.50. The van der Waals surface area contributed by atoms with Gasteiger partial charge >= 0.3 is 0 Å². The van der Waals surface area contributed by atoms with Gasteiger partial charge in [-0.25, -0.2) is 9.82 Å². The maximum Gasteiger partial charge on any atom is 0.271 e. The number of carbonyl (C=O) groups excluding carboxylic acids is 1. The molecule has 0 atom stereocenters. The quantitative estimate of drug-likeness (QED) is 0.694. The fourth-order valence-electron chi connectivity index (χ4n) is 1.76.